The zero-order valence-electron chi connectivity index (χ0n) is 18.7. The molecule has 0 aromatic heterocycles. The number of benzene rings is 1. The van der Waals surface area contributed by atoms with Crippen LogP contribution < -0.4 is 5.32 Å². The van der Waals surface area contributed by atoms with E-state index in [9.17, 15) is 19.8 Å². The van der Waals surface area contributed by atoms with Crippen LogP contribution in [0.3, 0.4) is 0 Å². The molecule has 1 heterocycles. The van der Waals surface area contributed by atoms with Crippen molar-refractivity contribution in [2.24, 2.45) is 11.8 Å². The topological polar surface area (TPSA) is 89.9 Å². The third-order valence-corrected chi connectivity index (χ3v) is 9.28. The van der Waals surface area contributed by atoms with Gasteiger partial charge in [0.2, 0.25) is 5.91 Å². The molecule has 5 aliphatic rings. The average Bonchev–Trinajstić information content (AvgIpc) is 3.40. The molecule has 2 bridgehead atoms. The van der Waals surface area contributed by atoms with Crippen LogP contribution in [0.2, 0.25) is 0 Å². The lowest BCUT2D eigenvalue weighted by Gasteiger charge is -2.64. The van der Waals surface area contributed by atoms with Crippen molar-refractivity contribution in [1.82, 2.24) is 10.2 Å². The molecule has 3 saturated carbocycles. The number of piperidine rings is 1. The van der Waals surface area contributed by atoms with Crippen molar-refractivity contribution in [3.05, 3.63) is 29.3 Å². The maximum Gasteiger partial charge on any atom is 0.223 e. The van der Waals surface area contributed by atoms with E-state index in [0.717, 1.165) is 62.2 Å². The second-order valence-corrected chi connectivity index (χ2v) is 11.1. The van der Waals surface area contributed by atoms with Crippen LogP contribution in [0.5, 0.6) is 5.75 Å². The number of phenolic OH excluding ortho intramolecular Hbond substituents is 1. The summed E-state index contributed by atoms with van der Waals surface area (Å²) in [6.45, 7) is 1.87. The lowest BCUT2D eigenvalue weighted by atomic mass is 9.48. The molecule has 4 unspecified atom stereocenters. The Balaban J connectivity index is 1.36. The summed E-state index contributed by atoms with van der Waals surface area (Å²) in [6, 6.07) is 4.78. The fraction of sp³-hybridized carbons (Fsp3) is 0.692. The van der Waals surface area contributed by atoms with E-state index >= 15 is 0 Å². The van der Waals surface area contributed by atoms with Gasteiger partial charge in [-0.3, -0.25) is 14.5 Å². The highest BCUT2D eigenvalue weighted by Crippen LogP contribution is 2.58. The normalized spacial score (nSPS) is 37.1. The first-order valence-corrected chi connectivity index (χ1v) is 12.5. The third kappa shape index (κ3) is 3.06. The fourth-order valence-electron chi connectivity index (χ4n) is 7.36. The van der Waals surface area contributed by atoms with E-state index < -0.39 is 17.1 Å². The highest BCUT2D eigenvalue weighted by Gasteiger charge is 2.66. The quantitative estimate of drug-likeness (QED) is 0.672. The first-order valence-electron chi connectivity index (χ1n) is 12.5. The summed E-state index contributed by atoms with van der Waals surface area (Å²) in [7, 11) is 0. The summed E-state index contributed by atoms with van der Waals surface area (Å²) in [5, 5.41) is 25.7. The molecule has 172 valence electrons. The van der Waals surface area contributed by atoms with E-state index in [1.165, 1.54) is 12.8 Å². The molecule has 1 aromatic rings. The summed E-state index contributed by atoms with van der Waals surface area (Å²) in [6.07, 6.45) is 8.37. The fourth-order valence-corrected chi connectivity index (χ4v) is 7.36. The summed E-state index contributed by atoms with van der Waals surface area (Å²) in [4.78, 5) is 28.7. The molecule has 4 atom stereocenters. The molecule has 1 aromatic carbocycles. The van der Waals surface area contributed by atoms with Crippen LogP contribution in [0, 0.1) is 11.8 Å². The molecular weight excluding hydrogens is 404 g/mol. The molecule has 1 amide bonds. The molecule has 6 heteroatoms. The number of rotatable bonds is 4. The van der Waals surface area contributed by atoms with Crippen molar-refractivity contribution in [2.45, 2.75) is 87.3 Å². The summed E-state index contributed by atoms with van der Waals surface area (Å²) in [5.74, 6) is 0.905. The number of carbonyl (C=O) groups is 2. The second-order valence-electron chi connectivity index (χ2n) is 11.1. The van der Waals surface area contributed by atoms with E-state index in [1.54, 1.807) is 12.1 Å². The molecule has 0 spiro atoms. The Morgan fingerprint density at radius 1 is 1.19 bits per heavy atom. The van der Waals surface area contributed by atoms with Crippen molar-refractivity contribution >= 4 is 11.7 Å². The van der Waals surface area contributed by atoms with Gasteiger partial charge >= 0.3 is 0 Å². The second kappa shape index (κ2) is 7.29. The average molecular weight is 439 g/mol. The van der Waals surface area contributed by atoms with Crippen LogP contribution in [-0.2, 0) is 21.4 Å². The first kappa shape index (κ1) is 20.7. The summed E-state index contributed by atoms with van der Waals surface area (Å²) >= 11 is 0. The Morgan fingerprint density at radius 2 is 1.97 bits per heavy atom. The summed E-state index contributed by atoms with van der Waals surface area (Å²) in [5.41, 5.74) is 0.300. The Hall–Kier alpha value is -1.92. The van der Waals surface area contributed by atoms with Gasteiger partial charge in [0, 0.05) is 36.8 Å². The zero-order valence-corrected chi connectivity index (χ0v) is 18.7. The lowest BCUT2D eigenvalue weighted by molar-refractivity contribution is -0.178. The highest BCUT2D eigenvalue weighted by molar-refractivity contribution is 5.92. The number of nitrogens with zero attached hydrogens (tertiary/aromatic N) is 1. The van der Waals surface area contributed by atoms with Gasteiger partial charge in [-0.15, -0.1) is 0 Å². The Kier molecular flexibility index (Phi) is 4.71. The minimum absolute atomic E-state index is 0.00298. The van der Waals surface area contributed by atoms with Crippen LogP contribution in [-0.4, -0.2) is 57.6 Å². The molecule has 6 nitrogen and oxygen atoms in total. The number of aliphatic hydroxyl groups is 1. The Morgan fingerprint density at radius 3 is 2.72 bits per heavy atom. The zero-order chi connectivity index (χ0) is 22.1. The maximum atomic E-state index is 13.4. The van der Waals surface area contributed by atoms with E-state index in [-0.39, 0.29) is 42.2 Å². The molecule has 4 fully saturated rings. The SMILES string of the molecule is O=C(NC1CC2(O)C3Cc4ccc(O)cc4C2(CCN3CC2CC2)CC1=O)C1CCCC1. The number of carbonyl (C=O) groups excluding carboxylic acids is 2. The van der Waals surface area contributed by atoms with E-state index in [4.69, 9.17) is 0 Å². The number of hydrogen-bond acceptors (Lipinski definition) is 5. The van der Waals surface area contributed by atoms with E-state index in [2.05, 4.69) is 10.2 Å². The number of phenols is 1. The number of likely N-dealkylation sites (tertiary alicyclic amines) is 1. The van der Waals surface area contributed by atoms with Crippen molar-refractivity contribution in [3.63, 3.8) is 0 Å². The number of nitrogens with one attached hydrogen (secondary N) is 1. The number of aromatic hydroxyl groups is 1. The lowest BCUT2D eigenvalue weighted by Crippen LogP contribution is -2.76. The van der Waals surface area contributed by atoms with Crippen molar-refractivity contribution in [1.29, 1.82) is 0 Å². The van der Waals surface area contributed by atoms with Crippen LogP contribution in [0.25, 0.3) is 0 Å². The molecule has 3 N–H and O–H groups in total. The van der Waals surface area contributed by atoms with Gasteiger partial charge in [-0.1, -0.05) is 18.9 Å². The molecule has 1 saturated heterocycles. The predicted octanol–water partition coefficient (Wildman–Crippen LogP) is 2.44. The van der Waals surface area contributed by atoms with Gasteiger partial charge in [0.1, 0.15) is 5.75 Å². The van der Waals surface area contributed by atoms with Crippen LogP contribution in [0.1, 0.15) is 68.9 Å². The minimum atomic E-state index is -1.09. The molecule has 0 radical (unpaired) electrons. The monoisotopic (exact) mass is 438 g/mol. The predicted molar refractivity (Wildman–Crippen MR) is 119 cm³/mol. The largest absolute Gasteiger partial charge is 0.508 e. The number of fused-ring (bicyclic) bond motifs is 1. The van der Waals surface area contributed by atoms with Gasteiger partial charge in [-0.25, -0.2) is 0 Å². The molecule has 6 rings (SSSR count). The smallest absolute Gasteiger partial charge is 0.223 e. The Labute approximate surface area is 189 Å². The molecule has 1 aliphatic heterocycles. The minimum Gasteiger partial charge on any atom is -0.508 e. The third-order valence-electron chi connectivity index (χ3n) is 9.28. The van der Waals surface area contributed by atoms with Gasteiger partial charge in [0.25, 0.3) is 0 Å². The molecular formula is C26H34N2O4. The van der Waals surface area contributed by atoms with Gasteiger partial charge in [-0.2, -0.15) is 0 Å². The number of Topliss-reactive ketones (excluding diaryl/α,β-unsaturated/α-hetero) is 1. The molecule has 4 aliphatic carbocycles. The van der Waals surface area contributed by atoms with E-state index in [1.807, 2.05) is 6.07 Å². The first-order chi connectivity index (χ1) is 15.4. The molecule has 32 heavy (non-hydrogen) atoms. The van der Waals surface area contributed by atoms with Crippen LogP contribution in [0.4, 0.5) is 0 Å². The number of hydrogen-bond donors (Lipinski definition) is 3. The van der Waals surface area contributed by atoms with Gasteiger partial charge in [0.05, 0.1) is 11.6 Å². The van der Waals surface area contributed by atoms with Gasteiger partial charge < -0.3 is 15.5 Å². The van der Waals surface area contributed by atoms with Gasteiger partial charge in [0.15, 0.2) is 5.78 Å². The Bertz CT molecular complexity index is 953. The van der Waals surface area contributed by atoms with Crippen molar-refractivity contribution in [3.8, 4) is 5.75 Å². The number of ketones is 1. The highest BCUT2D eigenvalue weighted by atomic mass is 16.3. The summed E-state index contributed by atoms with van der Waals surface area (Å²) < 4.78 is 0. The van der Waals surface area contributed by atoms with Crippen LogP contribution in [0.15, 0.2) is 18.2 Å². The number of amides is 1. The van der Waals surface area contributed by atoms with Crippen molar-refractivity contribution < 1.29 is 19.8 Å². The van der Waals surface area contributed by atoms with Crippen LogP contribution >= 0.6 is 0 Å². The standard InChI is InChI=1S/C26H34N2O4/c29-19-8-7-18-11-23-26(32)13-21(27-24(31)17-3-1-2-4-17)22(30)14-25(26,20(18)12-19)9-10-28(23)15-16-5-6-16/h7-8,12,16-17,21,23,29,32H,1-6,9-11,13-15H2,(H,27,31). The van der Waals surface area contributed by atoms with E-state index in [0.29, 0.717) is 6.42 Å². The van der Waals surface area contributed by atoms with Gasteiger partial charge in [-0.05, 0) is 74.2 Å². The van der Waals surface area contributed by atoms with Crippen molar-refractivity contribution in [2.75, 3.05) is 13.1 Å². The maximum absolute atomic E-state index is 13.4.